The van der Waals surface area contributed by atoms with Crippen LogP contribution in [0.15, 0.2) is 42.5 Å². The van der Waals surface area contributed by atoms with E-state index in [4.69, 9.17) is 4.74 Å². The van der Waals surface area contributed by atoms with Crippen molar-refractivity contribution in [2.75, 3.05) is 0 Å². The van der Waals surface area contributed by atoms with Crippen molar-refractivity contribution in [1.29, 1.82) is 0 Å². The van der Waals surface area contributed by atoms with Crippen LogP contribution in [0.2, 0.25) is 0 Å². The molecule has 2 saturated carbocycles. The molecule has 2 fully saturated rings. The number of para-hydroxylation sites is 1. The van der Waals surface area contributed by atoms with E-state index in [0.29, 0.717) is 23.3 Å². The summed E-state index contributed by atoms with van der Waals surface area (Å²) < 4.78 is 8.17. The van der Waals surface area contributed by atoms with Gasteiger partial charge in [0, 0.05) is 22.5 Å². The van der Waals surface area contributed by atoms with Gasteiger partial charge in [-0.2, -0.15) is 0 Å². The highest BCUT2D eigenvalue weighted by atomic mass is 16.6. The molecule has 0 radical (unpaired) electrons. The Balaban J connectivity index is 1.78. The van der Waals surface area contributed by atoms with Crippen LogP contribution in [0, 0.1) is 0 Å². The highest BCUT2D eigenvalue weighted by Crippen LogP contribution is 2.49. The average Bonchev–Trinajstić information content (AvgIpc) is 3.44. The van der Waals surface area contributed by atoms with Crippen molar-refractivity contribution < 1.29 is 14.6 Å². The summed E-state index contributed by atoms with van der Waals surface area (Å²) in [5.41, 5.74) is 4.60. The first-order valence-electron chi connectivity index (χ1n) is 13.0. The van der Waals surface area contributed by atoms with Crippen LogP contribution in [0.1, 0.15) is 106 Å². The Bertz CT molecular complexity index is 1190. The molecule has 180 valence electrons. The smallest absolute Gasteiger partial charge is 0.338 e. The second-order valence-electron chi connectivity index (χ2n) is 11.2. The number of phenolic OH excluding ortho intramolecular Hbond substituents is 1. The first-order valence-corrected chi connectivity index (χ1v) is 13.0. The largest absolute Gasteiger partial charge is 0.507 e. The minimum atomic E-state index is -0.534. The summed E-state index contributed by atoms with van der Waals surface area (Å²) in [7, 11) is 0. The van der Waals surface area contributed by atoms with Crippen molar-refractivity contribution in [3.63, 3.8) is 0 Å². The molecule has 5 rings (SSSR count). The molecule has 0 amide bonds. The van der Waals surface area contributed by atoms with Crippen molar-refractivity contribution in [1.82, 2.24) is 4.57 Å². The number of carbonyl (C=O) groups is 1. The molecule has 0 atom stereocenters. The van der Waals surface area contributed by atoms with E-state index in [1.165, 1.54) is 55.9 Å². The molecule has 4 nitrogen and oxygen atoms in total. The number of hydrogen-bond acceptors (Lipinski definition) is 3. The molecule has 0 unspecified atom stereocenters. The van der Waals surface area contributed by atoms with E-state index in [0.717, 1.165) is 29.6 Å². The lowest BCUT2D eigenvalue weighted by atomic mass is 9.81. The fourth-order valence-electron chi connectivity index (χ4n) is 6.10. The number of carbonyl (C=O) groups excluding carboxylic acids is 1. The van der Waals surface area contributed by atoms with E-state index < -0.39 is 5.60 Å². The van der Waals surface area contributed by atoms with Gasteiger partial charge < -0.3 is 14.4 Å². The van der Waals surface area contributed by atoms with E-state index in [1.807, 2.05) is 45.0 Å². The zero-order valence-electron chi connectivity index (χ0n) is 20.8. The summed E-state index contributed by atoms with van der Waals surface area (Å²) in [6.07, 6.45) is 10.8. The van der Waals surface area contributed by atoms with Gasteiger partial charge >= 0.3 is 5.97 Å². The fraction of sp³-hybridized carbons (Fsp3) is 0.500. The molecule has 2 aliphatic rings. The molecule has 4 heteroatoms. The van der Waals surface area contributed by atoms with Crippen LogP contribution in [-0.2, 0) is 4.74 Å². The molecule has 34 heavy (non-hydrogen) atoms. The number of nitrogens with zero attached hydrogens (tertiary/aromatic N) is 1. The van der Waals surface area contributed by atoms with Gasteiger partial charge in [0.05, 0.1) is 11.3 Å². The van der Waals surface area contributed by atoms with Crippen LogP contribution >= 0.6 is 0 Å². The predicted molar refractivity (Wildman–Crippen MR) is 138 cm³/mol. The first-order chi connectivity index (χ1) is 16.3. The SMILES string of the molecule is CC(C)(C)OC(=O)c1ccc2c(C3CCCCC3)c(-c3ccccc3O)n(C3CCCC3)c2c1. The molecule has 0 saturated heterocycles. The van der Waals surface area contributed by atoms with E-state index in [1.54, 1.807) is 6.07 Å². The maximum atomic E-state index is 13.0. The third kappa shape index (κ3) is 4.35. The van der Waals surface area contributed by atoms with Crippen molar-refractivity contribution in [3.8, 4) is 17.0 Å². The molecular weight excluding hydrogens is 422 g/mol. The van der Waals surface area contributed by atoms with Crippen LogP contribution < -0.4 is 0 Å². The zero-order chi connectivity index (χ0) is 23.9. The van der Waals surface area contributed by atoms with Crippen molar-refractivity contribution in [2.45, 2.75) is 96.1 Å². The minimum absolute atomic E-state index is 0.281. The van der Waals surface area contributed by atoms with E-state index in [2.05, 4.69) is 16.7 Å². The van der Waals surface area contributed by atoms with Gasteiger partial charge in [-0.3, -0.25) is 0 Å². The van der Waals surface area contributed by atoms with Gasteiger partial charge in [0.25, 0.3) is 0 Å². The van der Waals surface area contributed by atoms with Crippen LogP contribution in [0.5, 0.6) is 5.75 Å². The van der Waals surface area contributed by atoms with Crippen LogP contribution in [0.4, 0.5) is 0 Å². The van der Waals surface area contributed by atoms with Gasteiger partial charge in [0.2, 0.25) is 0 Å². The maximum absolute atomic E-state index is 13.0. The Morgan fingerprint density at radius 1 is 0.941 bits per heavy atom. The number of ether oxygens (including phenoxy) is 1. The molecule has 3 aromatic rings. The lowest BCUT2D eigenvalue weighted by Gasteiger charge is -2.25. The summed E-state index contributed by atoms with van der Waals surface area (Å²) >= 11 is 0. The molecule has 0 bridgehead atoms. The summed E-state index contributed by atoms with van der Waals surface area (Å²) in [4.78, 5) is 13.0. The highest BCUT2D eigenvalue weighted by molar-refractivity contribution is 5.99. The molecule has 0 aliphatic heterocycles. The number of esters is 1. The van der Waals surface area contributed by atoms with Gasteiger partial charge in [0.15, 0.2) is 0 Å². The summed E-state index contributed by atoms with van der Waals surface area (Å²) in [6, 6.07) is 14.2. The number of rotatable bonds is 4. The monoisotopic (exact) mass is 459 g/mol. The van der Waals surface area contributed by atoms with Crippen molar-refractivity contribution in [3.05, 3.63) is 53.6 Å². The lowest BCUT2D eigenvalue weighted by Crippen LogP contribution is -2.23. The number of phenols is 1. The Hall–Kier alpha value is -2.75. The van der Waals surface area contributed by atoms with Gasteiger partial charge in [0.1, 0.15) is 11.4 Å². The minimum Gasteiger partial charge on any atom is -0.507 e. The number of benzene rings is 2. The van der Waals surface area contributed by atoms with Crippen molar-refractivity contribution >= 4 is 16.9 Å². The Morgan fingerprint density at radius 3 is 2.29 bits per heavy atom. The van der Waals surface area contributed by atoms with Gasteiger partial charge in [-0.05, 0) is 82.2 Å². The number of fused-ring (bicyclic) bond motifs is 1. The van der Waals surface area contributed by atoms with E-state index in [-0.39, 0.29) is 5.97 Å². The molecule has 1 aromatic heterocycles. The third-order valence-corrected chi connectivity index (χ3v) is 7.54. The number of hydrogen-bond donors (Lipinski definition) is 1. The second-order valence-corrected chi connectivity index (χ2v) is 11.2. The number of aromatic nitrogens is 1. The summed E-state index contributed by atoms with van der Waals surface area (Å²) in [5.74, 6) is 0.520. The Labute approximate surface area is 202 Å². The molecule has 2 aromatic carbocycles. The van der Waals surface area contributed by atoms with Crippen LogP contribution in [0.3, 0.4) is 0 Å². The molecule has 0 spiro atoms. The lowest BCUT2D eigenvalue weighted by molar-refractivity contribution is 0.00696. The fourth-order valence-corrected chi connectivity index (χ4v) is 6.10. The van der Waals surface area contributed by atoms with Gasteiger partial charge in [-0.15, -0.1) is 0 Å². The number of aromatic hydroxyl groups is 1. The first kappa shape index (κ1) is 23.0. The summed E-state index contributed by atoms with van der Waals surface area (Å²) in [6.45, 7) is 5.71. The second kappa shape index (κ2) is 9.13. The molecule has 1 heterocycles. The normalized spacial score (nSPS) is 18.0. The molecule has 1 N–H and O–H groups in total. The standard InChI is InChI=1S/C30H37NO3/c1-30(2,3)34-29(33)21-17-18-23-25(19-21)31(22-13-7-8-14-22)28(24-15-9-10-16-26(24)32)27(23)20-11-5-4-6-12-20/h9-10,15-20,22,32H,4-8,11-14H2,1-3H3. The van der Waals surface area contributed by atoms with Crippen LogP contribution in [0.25, 0.3) is 22.2 Å². The zero-order valence-corrected chi connectivity index (χ0v) is 20.8. The van der Waals surface area contributed by atoms with Crippen LogP contribution in [-0.4, -0.2) is 21.2 Å². The maximum Gasteiger partial charge on any atom is 0.338 e. The van der Waals surface area contributed by atoms with E-state index in [9.17, 15) is 9.90 Å². The predicted octanol–water partition coefficient (Wildman–Crippen LogP) is 8.13. The van der Waals surface area contributed by atoms with Gasteiger partial charge in [-0.1, -0.05) is 50.3 Å². The summed E-state index contributed by atoms with van der Waals surface area (Å²) in [5, 5.41) is 12.2. The molecular formula is C30H37NO3. The van der Waals surface area contributed by atoms with E-state index >= 15 is 0 Å². The highest BCUT2D eigenvalue weighted by Gasteiger charge is 2.31. The Morgan fingerprint density at radius 2 is 1.62 bits per heavy atom. The van der Waals surface area contributed by atoms with Crippen molar-refractivity contribution in [2.24, 2.45) is 0 Å². The topological polar surface area (TPSA) is 51.5 Å². The van der Waals surface area contributed by atoms with Gasteiger partial charge in [-0.25, -0.2) is 4.79 Å². The average molecular weight is 460 g/mol. The Kier molecular flexibility index (Phi) is 6.18. The molecule has 2 aliphatic carbocycles. The quantitative estimate of drug-likeness (QED) is 0.401. The third-order valence-electron chi connectivity index (χ3n) is 7.54.